The van der Waals surface area contributed by atoms with Crippen LogP contribution in [0.25, 0.3) is 22.3 Å². The number of nitrogens with one attached hydrogen (secondary N) is 2. The maximum atomic E-state index is 12.9. The number of carbonyl (C=O) groups is 1. The molecule has 35 heavy (non-hydrogen) atoms. The summed E-state index contributed by atoms with van der Waals surface area (Å²) in [5.41, 5.74) is 7.39. The highest BCUT2D eigenvalue weighted by molar-refractivity contribution is 5.95. The zero-order valence-corrected chi connectivity index (χ0v) is 19.8. The average molecular weight is 463 g/mol. The number of pyridine rings is 1. The summed E-state index contributed by atoms with van der Waals surface area (Å²) in [5.74, 6) is -0.0841. The first-order valence-electron chi connectivity index (χ1n) is 12.1. The number of carbonyl (C=O) groups excluding carboxylic acids is 1. The number of rotatable bonds is 7. The van der Waals surface area contributed by atoms with Crippen LogP contribution in [0.1, 0.15) is 21.5 Å². The van der Waals surface area contributed by atoms with E-state index in [4.69, 9.17) is 0 Å². The second-order valence-corrected chi connectivity index (χ2v) is 8.93. The Bertz CT molecular complexity index is 1280. The summed E-state index contributed by atoms with van der Waals surface area (Å²) in [5, 5.41) is 6.48. The zero-order chi connectivity index (χ0) is 23.9. The topological polar surface area (TPSA) is 57.3 Å². The predicted octanol–water partition coefficient (Wildman–Crippen LogP) is 4.75. The zero-order valence-electron chi connectivity index (χ0n) is 19.8. The normalized spacial score (nSPS) is 13.9. The number of amides is 1. The summed E-state index contributed by atoms with van der Waals surface area (Å²) in [6.45, 7) is 5.74. The van der Waals surface area contributed by atoms with Crippen molar-refractivity contribution in [3.05, 3.63) is 114 Å². The number of benzene rings is 3. The number of hydrogen-bond acceptors (Lipinski definition) is 4. The fraction of sp³-hybridized carbons (Fsp3) is 0.200. The van der Waals surface area contributed by atoms with Crippen molar-refractivity contribution >= 4 is 5.91 Å². The van der Waals surface area contributed by atoms with Gasteiger partial charge < -0.3 is 10.6 Å². The van der Waals surface area contributed by atoms with Crippen LogP contribution in [0.2, 0.25) is 0 Å². The van der Waals surface area contributed by atoms with Crippen molar-refractivity contribution < 1.29 is 4.79 Å². The molecule has 0 unspecified atom stereocenters. The molecule has 1 aliphatic heterocycles. The van der Waals surface area contributed by atoms with E-state index in [1.807, 2.05) is 36.4 Å². The van der Waals surface area contributed by atoms with Gasteiger partial charge in [0.05, 0.1) is 0 Å². The molecular weight excluding hydrogens is 432 g/mol. The Morgan fingerprint density at radius 3 is 2.20 bits per heavy atom. The maximum absolute atomic E-state index is 12.9. The standard InChI is InChI=1S/C30H30N4O/c35-30(28-10-3-9-27(19-28)29-11-4-12-32-21-29)33-20-23-5-1-7-25(17-23)26-8-2-6-24(18-26)22-34-15-13-31-14-16-34/h1-12,17-19,21,31H,13-16,20,22H2,(H,33,35). The molecule has 5 rings (SSSR count). The van der Waals surface area contributed by atoms with E-state index in [-0.39, 0.29) is 5.91 Å². The van der Waals surface area contributed by atoms with Crippen molar-refractivity contribution in [2.45, 2.75) is 13.1 Å². The van der Waals surface area contributed by atoms with Gasteiger partial charge >= 0.3 is 0 Å². The van der Waals surface area contributed by atoms with Crippen LogP contribution in [0.3, 0.4) is 0 Å². The largest absolute Gasteiger partial charge is 0.348 e. The van der Waals surface area contributed by atoms with Crippen LogP contribution in [-0.4, -0.2) is 42.0 Å². The molecule has 0 bridgehead atoms. The van der Waals surface area contributed by atoms with Crippen LogP contribution in [0.4, 0.5) is 0 Å². The smallest absolute Gasteiger partial charge is 0.251 e. The summed E-state index contributed by atoms with van der Waals surface area (Å²) in [7, 11) is 0. The summed E-state index contributed by atoms with van der Waals surface area (Å²) in [4.78, 5) is 19.5. The van der Waals surface area contributed by atoms with E-state index in [1.54, 1.807) is 12.4 Å². The van der Waals surface area contributed by atoms with Crippen LogP contribution in [0.5, 0.6) is 0 Å². The average Bonchev–Trinajstić information content (AvgIpc) is 2.93. The lowest BCUT2D eigenvalue weighted by Gasteiger charge is -2.27. The molecular formula is C30H30N4O. The lowest BCUT2D eigenvalue weighted by atomic mass is 10.0. The fourth-order valence-corrected chi connectivity index (χ4v) is 4.50. The van der Waals surface area contributed by atoms with E-state index < -0.39 is 0 Å². The molecule has 0 radical (unpaired) electrons. The molecule has 1 fully saturated rings. The Hall–Kier alpha value is -3.80. The van der Waals surface area contributed by atoms with Crippen molar-refractivity contribution in [2.24, 2.45) is 0 Å². The van der Waals surface area contributed by atoms with Crippen LogP contribution >= 0.6 is 0 Å². The molecule has 2 heterocycles. The minimum Gasteiger partial charge on any atom is -0.348 e. The third kappa shape index (κ3) is 6.01. The highest BCUT2D eigenvalue weighted by Crippen LogP contribution is 2.23. The third-order valence-electron chi connectivity index (χ3n) is 6.38. The van der Waals surface area contributed by atoms with Crippen molar-refractivity contribution in [1.82, 2.24) is 20.5 Å². The number of nitrogens with zero attached hydrogens (tertiary/aromatic N) is 2. The molecule has 0 saturated carbocycles. The molecule has 3 aromatic carbocycles. The Kier molecular flexibility index (Phi) is 7.27. The fourth-order valence-electron chi connectivity index (χ4n) is 4.50. The predicted molar refractivity (Wildman–Crippen MR) is 141 cm³/mol. The van der Waals surface area contributed by atoms with Crippen LogP contribution < -0.4 is 10.6 Å². The van der Waals surface area contributed by atoms with Crippen LogP contribution in [0, 0.1) is 0 Å². The molecule has 0 atom stereocenters. The van der Waals surface area contributed by atoms with Gasteiger partial charge in [-0.3, -0.25) is 14.7 Å². The third-order valence-corrected chi connectivity index (χ3v) is 6.38. The van der Waals surface area contributed by atoms with E-state index in [9.17, 15) is 4.79 Å². The number of hydrogen-bond donors (Lipinski definition) is 2. The van der Waals surface area contributed by atoms with Crippen molar-refractivity contribution in [3.8, 4) is 22.3 Å². The highest BCUT2D eigenvalue weighted by atomic mass is 16.1. The SMILES string of the molecule is O=C(NCc1cccc(-c2cccc(CN3CCNCC3)c2)c1)c1cccc(-c2cccnc2)c1. The summed E-state index contributed by atoms with van der Waals surface area (Å²) in [6, 6.07) is 28.7. The quantitative estimate of drug-likeness (QED) is 0.416. The van der Waals surface area contributed by atoms with E-state index in [2.05, 4.69) is 69.0 Å². The van der Waals surface area contributed by atoms with Crippen molar-refractivity contribution in [2.75, 3.05) is 26.2 Å². The number of piperazine rings is 1. The second kappa shape index (κ2) is 11.1. The van der Waals surface area contributed by atoms with E-state index in [0.29, 0.717) is 12.1 Å². The van der Waals surface area contributed by atoms with E-state index in [0.717, 1.165) is 55.0 Å². The minimum absolute atomic E-state index is 0.0841. The first-order valence-corrected chi connectivity index (χ1v) is 12.1. The monoisotopic (exact) mass is 462 g/mol. The molecule has 1 aliphatic rings. The summed E-state index contributed by atoms with van der Waals surface area (Å²) < 4.78 is 0. The van der Waals surface area contributed by atoms with Gasteiger partial charge in [-0.1, -0.05) is 54.6 Å². The van der Waals surface area contributed by atoms with E-state index >= 15 is 0 Å². The van der Waals surface area contributed by atoms with Crippen molar-refractivity contribution in [1.29, 1.82) is 0 Å². The molecule has 5 nitrogen and oxygen atoms in total. The maximum Gasteiger partial charge on any atom is 0.251 e. The number of aromatic nitrogens is 1. The van der Waals surface area contributed by atoms with Gasteiger partial charge in [0.15, 0.2) is 0 Å². The van der Waals surface area contributed by atoms with Gasteiger partial charge in [0, 0.05) is 62.8 Å². The molecule has 0 spiro atoms. The van der Waals surface area contributed by atoms with Gasteiger partial charge in [0.2, 0.25) is 0 Å². The lowest BCUT2D eigenvalue weighted by molar-refractivity contribution is 0.0951. The van der Waals surface area contributed by atoms with Crippen LogP contribution in [-0.2, 0) is 13.1 Å². The molecule has 2 N–H and O–H groups in total. The molecule has 5 heteroatoms. The summed E-state index contributed by atoms with van der Waals surface area (Å²) in [6.07, 6.45) is 3.55. The molecule has 4 aromatic rings. The Morgan fingerprint density at radius 2 is 1.46 bits per heavy atom. The van der Waals surface area contributed by atoms with Gasteiger partial charge in [0.25, 0.3) is 5.91 Å². The van der Waals surface area contributed by atoms with Gasteiger partial charge in [-0.05, 0) is 58.1 Å². The highest BCUT2D eigenvalue weighted by Gasteiger charge is 2.11. The molecule has 1 aromatic heterocycles. The van der Waals surface area contributed by atoms with Gasteiger partial charge in [-0.25, -0.2) is 0 Å². The Morgan fingerprint density at radius 1 is 0.800 bits per heavy atom. The first-order chi connectivity index (χ1) is 17.2. The van der Waals surface area contributed by atoms with E-state index in [1.165, 1.54) is 11.1 Å². The van der Waals surface area contributed by atoms with Crippen LogP contribution in [0.15, 0.2) is 97.3 Å². The first kappa shape index (κ1) is 23.0. The molecule has 0 aliphatic carbocycles. The van der Waals surface area contributed by atoms with Gasteiger partial charge in [-0.2, -0.15) is 0 Å². The minimum atomic E-state index is -0.0841. The van der Waals surface area contributed by atoms with Gasteiger partial charge in [-0.15, -0.1) is 0 Å². The molecule has 1 amide bonds. The van der Waals surface area contributed by atoms with Gasteiger partial charge in [0.1, 0.15) is 0 Å². The molecule has 176 valence electrons. The Balaban J connectivity index is 1.25. The summed E-state index contributed by atoms with van der Waals surface area (Å²) >= 11 is 0. The van der Waals surface area contributed by atoms with Crippen molar-refractivity contribution in [3.63, 3.8) is 0 Å². The molecule has 1 saturated heterocycles. The lowest BCUT2D eigenvalue weighted by Crippen LogP contribution is -2.42. The second-order valence-electron chi connectivity index (χ2n) is 8.93. The Labute approximate surface area is 206 Å².